The molecule has 0 radical (unpaired) electrons. The van der Waals surface area contributed by atoms with Crippen molar-refractivity contribution in [1.82, 2.24) is 0 Å². The van der Waals surface area contributed by atoms with Crippen LogP contribution in [-0.4, -0.2) is 10.2 Å². The van der Waals surface area contributed by atoms with Gasteiger partial charge in [0.1, 0.15) is 0 Å². The van der Waals surface area contributed by atoms with Crippen LogP contribution in [0.5, 0.6) is 11.5 Å². The first-order valence-electron chi connectivity index (χ1n) is 5.92. The van der Waals surface area contributed by atoms with Crippen LogP contribution in [-0.2, 0) is 0 Å². The fourth-order valence-corrected chi connectivity index (χ4v) is 1.54. The number of para-hydroxylation sites is 2. The van der Waals surface area contributed by atoms with Crippen molar-refractivity contribution >= 4 is 0 Å². The molecule has 0 aliphatic rings. The Morgan fingerprint density at radius 2 is 1.30 bits per heavy atom. The molecule has 2 N–H and O–H groups in total. The van der Waals surface area contributed by atoms with E-state index < -0.39 is 5.92 Å². The van der Waals surface area contributed by atoms with E-state index in [-0.39, 0.29) is 11.5 Å². The molecule has 0 fully saturated rings. The van der Waals surface area contributed by atoms with Gasteiger partial charge in [0.05, 0.1) is 12.1 Å². The molecule has 4 heteroatoms. The van der Waals surface area contributed by atoms with Crippen LogP contribution in [0.3, 0.4) is 0 Å². The molecule has 0 heterocycles. The summed E-state index contributed by atoms with van der Waals surface area (Å²) in [6, 6.07) is 17.5. The first-order valence-corrected chi connectivity index (χ1v) is 5.92. The van der Waals surface area contributed by atoms with Crippen LogP contribution in [0.25, 0.3) is 0 Å². The number of hydrogen-bond acceptors (Lipinski definition) is 4. The highest BCUT2D eigenvalue weighted by Gasteiger charge is 2.09. The van der Waals surface area contributed by atoms with Gasteiger partial charge in [0.25, 0.3) is 0 Å². The Kier molecular flexibility index (Phi) is 5.62. The van der Waals surface area contributed by atoms with Crippen LogP contribution in [0.2, 0.25) is 0 Å². The predicted octanol–water partition coefficient (Wildman–Crippen LogP) is 3.22. The first kappa shape index (κ1) is 15.1. The van der Waals surface area contributed by atoms with E-state index in [4.69, 9.17) is 20.7 Å². The van der Waals surface area contributed by atoms with Gasteiger partial charge in [-0.15, -0.1) is 0 Å². The maximum Gasteiger partial charge on any atom is 0.158 e. The summed E-state index contributed by atoms with van der Waals surface area (Å²) >= 11 is 0. The third-order valence-corrected chi connectivity index (χ3v) is 2.64. The molecule has 0 saturated heterocycles. The third kappa shape index (κ3) is 4.04. The Bertz CT molecular complexity index is 619. The summed E-state index contributed by atoms with van der Waals surface area (Å²) in [6.45, 7) is 1.90. The molecule has 100 valence electrons. The predicted molar refractivity (Wildman–Crippen MR) is 74.9 cm³/mol. The highest BCUT2D eigenvalue weighted by atomic mass is 16.3. The van der Waals surface area contributed by atoms with Crippen molar-refractivity contribution in [2.75, 3.05) is 0 Å². The van der Waals surface area contributed by atoms with Crippen molar-refractivity contribution in [1.29, 1.82) is 10.5 Å². The second-order valence-electron chi connectivity index (χ2n) is 4.04. The molecule has 2 rings (SSSR count). The molecule has 4 nitrogen and oxygen atoms in total. The zero-order valence-corrected chi connectivity index (χ0v) is 11.0. The summed E-state index contributed by atoms with van der Waals surface area (Å²) in [5, 5.41) is 34.6. The van der Waals surface area contributed by atoms with E-state index in [0.29, 0.717) is 0 Å². The standard InChI is InChI=1S/C10H8N2.C6H6O2/c1-8-4-2-3-5-10(8)9(6-11)7-12;7-5-3-1-2-4-6(5)8/h2-5,9H,1H3;1-4,7-8H. The Morgan fingerprint density at radius 3 is 1.70 bits per heavy atom. The van der Waals surface area contributed by atoms with E-state index in [2.05, 4.69) is 0 Å². The topological polar surface area (TPSA) is 88.0 Å². The Balaban J connectivity index is 0.000000217. The molecular weight excluding hydrogens is 252 g/mol. The average Bonchev–Trinajstić information content (AvgIpc) is 2.46. The zero-order chi connectivity index (χ0) is 15.0. The summed E-state index contributed by atoms with van der Waals surface area (Å²) in [4.78, 5) is 0. The molecule has 20 heavy (non-hydrogen) atoms. The molecule has 0 amide bonds. The van der Waals surface area contributed by atoms with E-state index in [1.54, 1.807) is 12.1 Å². The summed E-state index contributed by atoms with van der Waals surface area (Å²) in [5.41, 5.74) is 1.80. The Labute approximate surface area is 117 Å². The second-order valence-corrected chi connectivity index (χ2v) is 4.04. The summed E-state index contributed by atoms with van der Waals surface area (Å²) in [6.07, 6.45) is 0. The van der Waals surface area contributed by atoms with Gasteiger partial charge in [-0.05, 0) is 30.2 Å². The minimum absolute atomic E-state index is 0.0764. The van der Waals surface area contributed by atoms with Gasteiger partial charge in [-0.3, -0.25) is 0 Å². The van der Waals surface area contributed by atoms with Crippen LogP contribution >= 0.6 is 0 Å². The second kappa shape index (κ2) is 7.45. The molecule has 0 spiro atoms. The number of aromatic hydroxyl groups is 2. The Morgan fingerprint density at radius 1 is 0.850 bits per heavy atom. The average molecular weight is 266 g/mol. The van der Waals surface area contributed by atoms with Crippen LogP contribution in [0.4, 0.5) is 0 Å². The lowest BCUT2D eigenvalue weighted by atomic mass is 9.98. The summed E-state index contributed by atoms with van der Waals surface area (Å²) < 4.78 is 0. The number of phenolic OH excluding ortho intramolecular Hbond substituents is 2. The van der Waals surface area contributed by atoms with Gasteiger partial charge in [-0.1, -0.05) is 36.4 Å². The maximum absolute atomic E-state index is 8.67. The molecule has 0 unspecified atom stereocenters. The van der Waals surface area contributed by atoms with Gasteiger partial charge in [0, 0.05) is 0 Å². The van der Waals surface area contributed by atoms with Gasteiger partial charge in [-0.2, -0.15) is 10.5 Å². The van der Waals surface area contributed by atoms with Crippen LogP contribution < -0.4 is 0 Å². The van der Waals surface area contributed by atoms with E-state index in [1.165, 1.54) is 12.1 Å². The lowest BCUT2D eigenvalue weighted by Crippen LogP contribution is -1.94. The van der Waals surface area contributed by atoms with Crippen LogP contribution in [0.1, 0.15) is 17.0 Å². The fourth-order valence-electron chi connectivity index (χ4n) is 1.54. The normalized spacial score (nSPS) is 9.00. The lowest BCUT2D eigenvalue weighted by Gasteiger charge is -2.03. The minimum atomic E-state index is -0.633. The van der Waals surface area contributed by atoms with Gasteiger partial charge < -0.3 is 10.2 Å². The van der Waals surface area contributed by atoms with Crippen molar-refractivity contribution < 1.29 is 10.2 Å². The van der Waals surface area contributed by atoms with E-state index >= 15 is 0 Å². The van der Waals surface area contributed by atoms with Crippen molar-refractivity contribution in [2.45, 2.75) is 12.8 Å². The summed E-state index contributed by atoms with van der Waals surface area (Å²) in [5.74, 6) is -0.786. The molecule has 0 saturated carbocycles. The van der Waals surface area contributed by atoms with E-state index in [1.807, 2.05) is 43.3 Å². The Hall–Kier alpha value is -2.98. The largest absolute Gasteiger partial charge is 0.504 e. The number of benzene rings is 2. The number of nitrogens with zero attached hydrogens (tertiary/aromatic N) is 2. The first-order chi connectivity index (χ1) is 9.60. The van der Waals surface area contributed by atoms with Crippen molar-refractivity contribution in [3.63, 3.8) is 0 Å². The van der Waals surface area contributed by atoms with Crippen molar-refractivity contribution in [3.05, 3.63) is 59.7 Å². The van der Waals surface area contributed by atoms with Crippen LogP contribution in [0, 0.1) is 29.6 Å². The lowest BCUT2D eigenvalue weighted by molar-refractivity contribution is 0.404. The number of rotatable bonds is 1. The van der Waals surface area contributed by atoms with E-state index in [9.17, 15) is 0 Å². The maximum atomic E-state index is 8.67. The van der Waals surface area contributed by atoms with Gasteiger partial charge in [-0.25, -0.2) is 0 Å². The van der Waals surface area contributed by atoms with Gasteiger partial charge >= 0.3 is 0 Å². The molecule has 2 aromatic carbocycles. The summed E-state index contributed by atoms with van der Waals surface area (Å²) in [7, 11) is 0. The van der Waals surface area contributed by atoms with Crippen molar-refractivity contribution in [2.24, 2.45) is 0 Å². The molecule has 2 aromatic rings. The molecule has 0 bridgehead atoms. The minimum Gasteiger partial charge on any atom is -0.504 e. The number of hydrogen-bond donors (Lipinski definition) is 2. The SMILES string of the molecule is Cc1ccccc1C(C#N)C#N.Oc1ccccc1O. The highest BCUT2D eigenvalue weighted by molar-refractivity contribution is 5.37. The molecule has 0 aliphatic heterocycles. The zero-order valence-electron chi connectivity index (χ0n) is 11.0. The number of aryl methyl sites for hydroxylation is 1. The quantitative estimate of drug-likeness (QED) is 0.775. The number of phenols is 2. The van der Waals surface area contributed by atoms with E-state index in [0.717, 1.165) is 11.1 Å². The molecular formula is C16H14N2O2. The van der Waals surface area contributed by atoms with Crippen molar-refractivity contribution in [3.8, 4) is 23.6 Å². The van der Waals surface area contributed by atoms with Gasteiger partial charge in [0.2, 0.25) is 0 Å². The highest BCUT2D eigenvalue weighted by Crippen LogP contribution is 2.21. The molecule has 0 aromatic heterocycles. The van der Waals surface area contributed by atoms with Crippen LogP contribution in [0.15, 0.2) is 48.5 Å². The molecule has 0 atom stereocenters. The number of nitriles is 2. The molecule has 0 aliphatic carbocycles. The smallest absolute Gasteiger partial charge is 0.158 e. The monoisotopic (exact) mass is 266 g/mol. The van der Waals surface area contributed by atoms with Gasteiger partial charge in [0.15, 0.2) is 17.4 Å². The fraction of sp³-hybridized carbons (Fsp3) is 0.125. The third-order valence-electron chi connectivity index (χ3n) is 2.64.